The monoisotopic (exact) mass is 346 g/mol. The molecule has 0 aliphatic carbocycles. The molecule has 0 atom stereocenters. The van der Waals surface area contributed by atoms with E-state index in [1.165, 1.54) is 12.0 Å². The van der Waals surface area contributed by atoms with Crippen molar-refractivity contribution in [2.75, 3.05) is 47.4 Å². The van der Waals surface area contributed by atoms with Gasteiger partial charge in [0.25, 0.3) is 0 Å². The Bertz CT molecular complexity index is 551. The standard InChI is InChI=1S/C20H34N4O/c1-20(2)11-13-24(16-20)19(21-3)22-15-17-7-9-18(10-8-17)25-14-6-12-23(4)5/h7-10H,6,11-16H2,1-5H3,(H,21,22). The lowest BCUT2D eigenvalue weighted by Crippen LogP contribution is -2.40. The zero-order valence-electron chi connectivity index (χ0n) is 16.5. The molecular weight excluding hydrogens is 312 g/mol. The molecule has 140 valence electrons. The molecule has 0 amide bonds. The lowest BCUT2D eigenvalue weighted by Gasteiger charge is -2.23. The fourth-order valence-electron chi connectivity index (χ4n) is 3.08. The van der Waals surface area contributed by atoms with Crippen LogP contribution in [0.1, 0.15) is 32.3 Å². The fourth-order valence-corrected chi connectivity index (χ4v) is 3.08. The second kappa shape index (κ2) is 9.09. The molecule has 5 heteroatoms. The van der Waals surface area contributed by atoms with Gasteiger partial charge in [0.15, 0.2) is 5.96 Å². The SMILES string of the molecule is CN=C(NCc1ccc(OCCCN(C)C)cc1)N1CCC(C)(C)C1. The van der Waals surface area contributed by atoms with Crippen molar-refractivity contribution in [3.05, 3.63) is 29.8 Å². The molecular formula is C20H34N4O. The van der Waals surface area contributed by atoms with Crippen LogP contribution in [0.4, 0.5) is 0 Å². The Labute approximate surface area is 153 Å². The first kappa shape index (κ1) is 19.6. The van der Waals surface area contributed by atoms with Crippen LogP contribution in [0.15, 0.2) is 29.3 Å². The molecule has 1 heterocycles. The van der Waals surface area contributed by atoms with Crippen molar-refractivity contribution in [3.8, 4) is 5.75 Å². The van der Waals surface area contributed by atoms with Crippen LogP contribution in [0.25, 0.3) is 0 Å². The van der Waals surface area contributed by atoms with Gasteiger partial charge in [-0.25, -0.2) is 0 Å². The molecule has 5 nitrogen and oxygen atoms in total. The molecule has 1 aliphatic heterocycles. The Morgan fingerprint density at radius 1 is 1.28 bits per heavy atom. The van der Waals surface area contributed by atoms with Gasteiger partial charge in [0.1, 0.15) is 5.75 Å². The first-order valence-electron chi connectivity index (χ1n) is 9.22. The molecule has 0 aromatic heterocycles. The van der Waals surface area contributed by atoms with E-state index in [1.54, 1.807) is 0 Å². The molecule has 25 heavy (non-hydrogen) atoms. The minimum absolute atomic E-state index is 0.378. The van der Waals surface area contributed by atoms with E-state index < -0.39 is 0 Å². The molecule has 1 fully saturated rings. The number of nitrogens with one attached hydrogen (secondary N) is 1. The van der Waals surface area contributed by atoms with Gasteiger partial charge in [-0.15, -0.1) is 0 Å². The number of rotatable bonds is 7. The largest absolute Gasteiger partial charge is 0.494 e. The number of benzene rings is 1. The number of likely N-dealkylation sites (tertiary alicyclic amines) is 1. The number of hydrogen-bond donors (Lipinski definition) is 1. The van der Waals surface area contributed by atoms with Crippen molar-refractivity contribution in [1.82, 2.24) is 15.1 Å². The van der Waals surface area contributed by atoms with Crippen LogP contribution in [0.5, 0.6) is 5.75 Å². The van der Waals surface area contributed by atoms with Gasteiger partial charge in [-0.05, 0) is 50.0 Å². The summed E-state index contributed by atoms with van der Waals surface area (Å²) in [4.78, 5) is 8.96. The molecule has 0 spiro atoms. The molecule has 0 saturated carbocycles. The van der Waals surface area contributed by atoms with Crippen molar-refractivity contribution in [3.63, 3.8) is 0 Å². The summed E-state index contributed by atoms with van der Waals surface area (Å²) in [5.74, 6) is 1.93. The highest BCUT2D eigenvalue weighted by atomic mass is 16.5. The smallest absolute Gasteiger partial charge is 0.193 e. The first-order chi connectivity index (χ1) is 11.9. The summed E-state index contributed by atoms with van der Waals surface area (Å²) in [6, 6.07) is 8.34. The Morgan fingerprint density at radius 2 is 2.00 bits per heavy atom. The molecule has 1 aliphatic rings. The number of hydrogen-bond acceptors (Lipinski definition) is 3. The van der Waals surface area contributed by atoms with Gasteiger partial charge in [-0.2, -0.15) is 0 Å². The molecule has 1 N–H and O–H groups in total. The topological polar surface area (TPSA) is 40.1 Å². The normalized spacial score (nSPS) is 17.2. The van der Waals surface area contributed by atoms with Gasteiger partial charge in [-0.3, -0.25) is 4.99 Å². The highest BCUT2D eigenvalue weighted by molar-refractivity contribution is 5.80. The van der Waals surface area contributed by atoms with Gasteiger partial charge in [-0.1, -0.05) is 26.0 Å². The van der Waals surface area contributed by atoms with E-state index in [0.717, 1.165) is 50.9 Å². The molecule has 0 unspecified atom stereocenters. The van der Waals surface area contributed by atoms with Crippen LogP contribution in [-0.2, 0) is 6.54 Å². The highest BCUT2D eigenvalue weighted by Crippen LogP contribution is 2.28. The lowest BCUT2D eigenvalue weighted by molar-refractivity contribution is 0.281. The summed E-state index contributed by atoms with van der Waals surface area (Å²) in [6.07, 6.45) is 2.26. The van der Waals surface area contributed by atoms with Crippen LogP contribution in [-0.4, -0.2) is 63.1 Å². The third-order valence-electron chi connectivity index (χ3n) is 4.58. The highest BCUT2D eigenvalue weighted by Gasteiger charge is 2.30. The van der Waals surface area contributed by atoms with E-state index in [0.29, 0.717) is 5.41 Å². The summed E-state index contributed by atoms with van der Waals surface area (Å²) in [6.45, 7) is 9.36. The number of ether oxygens (including phenoxy) is 1. The van der Waals surface area contributed by atoms with Crippen molar-refractivity contribution in [2.24, 2.45) is 10.4 Å². The van der Waals surface area contributed by atoms with Crippen LogP contribution >= 0.6 is 0 Å². The van der Waals surface area contributed by atoms with Gasteiger partial charge in [0.05, 0.1) is 6.61 Å². The van der Waals surface area contributed by atoms with E-state index in [2.05, 4.69) is 72.3 Å². The van der Waals surface area contributed by atoms with Crippen LogP contribution in [0.2, 0.25) is 0 Å². The summed E-state index contributed by atoms with van der Waals surface area (Å²) in [5, 5.41) is 3.48. The second-order valence-electron chi connectivity index (χ2n) is 7.89. The van der Waals surface area contributed by atoms with Crippen molar-refractivity contribution >= 4 is 5.96 Å². The molecule has 1 saturated heterocycles. The van der Waals surface area contributed by atoms with E-state index in [1.807, 2.05) is 7.05 Å². The zero-order valence-corrected chi connectivity index (χ0v) is 16.5. The first-order valence-corrected chi connectivity index (χ1v) is 9.22. The van der Waals surface area contributed by atoms with Crippen molar-refractivity contribution < 1.29 is 4.74 Å². The predicted molar refractivity (Wildman–Crippen MR) is 105 cm³/mol. The summed E-state index contributed by atoms with van der Waals surface area (Å²) in [5.41, 5.74) is 1.61. The Balaban J connectivity index is 1.77. The van der Waals surface area contributed by atoms with Crippen LogP contribution in [0.3, 0.4) is 0 Å². The summed E-state index contributed by atoms with van der Waals surface area (Å²) >= 11 is 0. The maximum Gasteiger partial charge on any atom is 0.193 e. The molecule has 0 radical (unpaired) electrons. The van der Waals surface area contributed by atoms with Gasteiger partial charge in [0, 0.05) is 33.2 Å². The lowest BCUT2D eigenvalue weighted by atomic mass is 9.93. The minimum Gasteiger partial charge on any atom is -0.494 e. The average molecular weight is 347 g/mol. The van der Waals surface area contributed by atoms with E-state index >= 15 is 0 Å². The van der Waals surface area contributed by atoms with Gasteiger partial charge < -0.3 is 19.9 Å². The Morgan fingerprint density at radius 3 is 2.56 bits per heavy atom. The number of nitrogens with zero attached hydrogens (tertiary/aromatic N) is 3. The maximum atomic E-state index is 5.78. The Hall–Kier alpha value is -1.75. The zero-order chi connectivity index (χ0) is 18.3. The Kier molecular flexibility index (Phi) is 7.12. The molecule has 1 aromatic carbocycles. The predicted octanol–water partition coefficient (Wildman–Crippen LogP) is 2.82. The third-order valence-corrected chi connectivity index (χ3v) is 4.58. The number of aliphatic imine (C=N–C) groups is 1. The van der Waals surface area contributed by atoms with E-state index in [9.17, 15) is 0 Å². The number of guanidine groups is 1. The van der Waals surface area contributed by atoms with Crippen LogP contribution < -0.4 is 10.1 Å². The van der Waals surface area contributed by atoms with E-state index in [4.69, 9.17) is 4.74 Å². The van der Waals surface area contributed by atoms with Crippen molar-refractivity contribution in [2.45, 2.75) is 33.2 Å². The van der Waals surface area contributed by atoms with Gasteiger partial charge in [0.2, 0.25) is 0 Å². The average Bonchev–Trinajstić information content (AvgIpc) is 2.93. The maximum absolute atomic E-state index is 5.78. The fraction of sp³-hybridized carbons (Fsp3) is 0.650. The van der Waals surface area contributed by atoms with Crippen molar-refractivity contribution in [1.29, 1.82) is 0 Å². The summed E-state index contributed by atoms with van der Waals surface area (Å²) < 4.78 is 5.78. The molecule has 2 rings (SSSR count). The molecule has 1 aromatic rings. The third kappa shape index (κ3) is 6.58. The second-order valence-corrected chi connectivity index (χ2v) is 7.89. The van der Waals surface area contributed by atoms with Gasteiger partial charge >= 0.3 is 0 Å². The quantitative estimate of drug-likeness (QED) is 0.468. The minimum atomic E-state index is 0.378. The van der Waals surface area contributed by atoms with Crippen LogP contribution in [0, 0.1) is 5.41 Å². The summed E-state index contributed by atoms with van der Waals surface area (Å²) in [7, 11) is 6.02. The molecule has 0 bridgehead atoms. The van der Waals surface area contributed by atoms with E-state index in [-0.39, 0.29) is 0 Å².